The summed E-state index contributed by atoms with van der Waals surface area (Å²) in [5.74, 6) is -1.81. The summed E-state index contributed by atoms with van der Waals surface area (Å²) in [7, 11) is 1.21. The molecule has 0 aliphatic rings. The smallest absolute Gasteiger partial charge is 0.280 e. The van der Waals surface area contributed by atoms with Crippen molar-refractivity contribution >= 4 is 5.78 Å². The number of hydrogen-bond acceptors (Lipinski definition) is 3. The Morgan fingerprint density at radius 3 is 2.71 bits per heavy atom. The predicted molar refractivity (Wildman–Crippen MR) is 48.5 cm³/mol. The summed E-state index contributed by atoms with van der Waals surface area (Å²) in [5, 5.41) is 8.88. The highest BCUT2D eigenvalue weighted by molar-refractivity contribution is 6.04. The molecule has 1 aromatic rings. The number of carbonyl (C=O) groups is 1. The van der Waals surface area contributed by atoms with E-state index in [0.717, 1.165) is 6.08 Å². The van der Waals surface area contributed by atoms with Gasteiger partial charge in [-0.3, -0.25) is 4.79 Å². The van der Waals surface area contributed by atoms with Crippen LogP contribution in [0.5, 0.6) is 0 Å². The Balaban J connectivity index is 2.96. The van der Waals surface area contributed by atoms with Gasteiger partial charge in [0.1, 0.15) is 5.82 Å². The fourth-order valence-corrected chi connectivity index (χ4v) is 0.910. The van der Waals surface area contributed by atoms with Gasteiger partial charge in [0.25, 0.3) is 5.95 Å². The molecular formula is C10H9FO3. The standard InChI is InChI=1S/C10H9FO3/c1-14-10(13)6-9(12)7-4-2-3-5-8(7)11/h2-6,13H,1H3/b10-6+. The van der Waals surface area contributed by atoms with E-state index in [2.05, 4.69) is 4.74 Å². The lowest BCUT2D eigenvalue weighted by molar-refractivity contribution is 0.0999. The number of benzene rings is 1. The normalized spacial score (nSPS) is 11.1. The van der Waals surface area contributed by atoms with E-state index in [1.54, 1.807) is 0 Å². The lowest BCUT2D eigenvalue weighted by Gasteiger charge is -1.98. The zero-order valence-corrected chi connectivity index (χ0v) is 7.53. The van der Waals surface area contributed by atoms with Crippen molar-refractivity contribution in [1.29, 1.82) is 0 Å². The van der Waals surface area contributed by atoms with Gasteiger partial charge in [-0.05, 0) is 12.1 Å². The van der Waals surface area contributed by atoms with Crippen molar-refractivity contribution in [3.63, 3.8) is 0 Å². The van der Waals surface area contributed by atoms with E-state index in [0.29, 0.717) is 0 Å². The first-order valence-corrected chi connectivity index (χ1v) is 3.88. The van der Waals surface area contributed by atoms with Crippen LogP contribution in [-0.2, 0) is 4.74 Å². The number of carbonyl (C=O) groups excluding carboxylic acids is 1. The molecule has 0 fully saturated rings. The van der Waals surface area contributed by atoms with E-state index in [4.69, 9.17) is 5.11 Å². The Hall–Kier alpha value is -1.84. The quantitative estimate of drug-likeness (QED) is 0.457. The molecule has 0 saturated carbocycles. The van der Waals surface area contributed by atoms with Gasteiger partial charge in [0.2, 0.25) is 0 Å². The summed E-state index contributed by atoms with van der Waals surface area (Å²) in [6, 6.07) is 5.52. The maximum atomic E-state index is 13.0. The van der Waals surface area contributed by atoms with E-state index in [1.807, 2.05) is 0 Å². The summed E-state index contributed by atoms with van der Waals surface area (Å²) >= 11 is 0. The molecule has 0 radical (unpaired) electrons. The van der Waals surface area contributed by atoms with Crippen LogP contribution < -0.4 is 0 Å². The molecule has 0 aromatic heterocycles. The van der Waals surface area contributed by atoms with Crippen LogP contribution >= 0.6 is 0 Å². The monoisotopic (exact) mass is 196 g/mol. The average molecular weight is 196 g/mol. The SMILES string of the molecule is CO/C(O)=C/C(=O)c1ccccc1F. The molecule has 14 heavy (non-hydrogen) atoms. The lowest BCUT2D eigenvalue weighted by Crippen LogP contribution is -2.00. The van der Waals surface area contributed by atoms with Gasteiger partial charge in [0.05, 0.1) is 18.7 Å². The highest BCUT2D eigenvalue weighted by Crippen LogP contribution is 2.08. The number of allylic oxidation sites excluding steroid dienone is 1. The molecule has 1 aromatic carbocycles. The van der Waals surface area contributed by atoms with Gasteiger partial charge in [-0.15, -0.1) is 0 Å². The fraction of sp³-hybridized carbons (Fsp3) is 0.100. The van der Waals surface area contributed by atoms with Crippen molar-refractivity contribution in [2.75, 3.05) is 7.11 Å². The molecule has 4 heteroatoms. The molecule has 0 bridgehead atoms. The van der Waals surface area contributed by atoms with E-state index in [9.17, 15) is 9.18 Å². The summed E-state index contributed by atoms with van der Waals surface area (Å²) < 4.78 is 17.4. The number of hydrogen-bond donors (Lipinski definition) is 1. The molecule has 0 atom stereocenters. The van der Waals surface area contributed by atoms with Crippen LogP contribution in [0.2, 0.25) is 0 Å². The Labute approximate surface area is 80.4 Å². The van der Waals surface area contributed by atoms with Crippen LogP contribution in [0, 0.1) is 5.82 Å². The minimum atomic E-state index is -0.637. The van der Waals surface area contributed by atoms with Crippen LogP contribution in [0.15, 0.2) is 36.3 Å². The first-order valence-electron chi connectivity index (χ1n) is 3.88. The van der Waals surface area contributed by atoms with Gasteiger partial charge in [-0.25, -0.2) is 4.39 Å². The molecule has 0 unspecified atom stereocenters. The Morgan fingerprint density at radius 2 is 2.14 bits per heavy atom. The maximum Gasteiger partial charge on any atom is 0.280 e. The number of aliphatic hydroxyl groups excluding tert-OH is 1. The maximum absolute atomic E-state index is 13.0. The van der Waals surface area contributed by atoms with E-state index < -0.39 is 17.5 Å². The Bertz CT molecular complexity index is 371. The van der Waals surface area contributed by atoms with Crippen molar-refractivity contribution in [3.8, 4) is 0 Å². The number of ether oxygens (including phenoxy) is 1. The second-order valence-corrected chi connectivity index (χ2v) is 2.53. The number of rotatable bonds is 3. The number of aliphatic hydroxyl groups is 1. The Morgan fingerprint density at radius 1 is 1.50 bits per heavy atom. The number of ketones is 1. The second kappa shape index (κ2) is 4.41. The van der Waals surface area contributed by atoms with Crippen LogP contribution in [0.3, 0.4) is 0 Å². The third kappa shape index (κ3) is 2.32. The van der Waals surface area contributed by atoms with Crippen molar-refractivity contribution in [2.24, 2.45) is 0 Å². The van der Waals surface area contributed by atoms with Gasteiger partial charge >= 0.3 is 0 Å². The van der Waals surface area contributed by atoms with E-state index in [1.165, 1.54) is 31.4 Å². The predicted octanol–water partition coefficient (Wildman–Crippen LogP) is 2.05. The van der Waals surface area contributed by atoms with Gasteiger partial charge in [-0.1, -0.05) is 12.1 Å². The second-order valence-electron chi connectivity index (χ2n) is 2.53. The molecule has 0 heterocycles. The largest absolute Gasteiger partial charge is 0.481 e. The van der Waals surface area contributed by atoms with Gasteiger partial charge < -0.3 is 9.84 Å². The topological polar surface area (TPSA) is 46.5 Å². The first kappa shape index (κ1) is 10.2. The molecule has 0 aliphatic carbocycles. The van der Waals surface area contributed by atoms with Crippen molar-refractivity contribution in [3.05, 3.63) is 47.7 Å². The van der Waals surface area contributed by atoms with Gasteiger partial charge in [0, 0.05) is 0 Å². The zero-order valence-electron chi connectivity index (χ0n) is 7.53. The molecule has 3 nitrogen and oxygen atoms in total. The van der Waals surface area contributed by atoms with Crippen LogP contribution in [0.25, 0.3) is 0 Å². The third-order valence-corrected chi connectivity index (χ3v) is 1.60. The van der Waals surface area contributed by atoms with Crippen LogP contribution in [0.4, 0.5) is 4.39 Å². The minimum absolute atomic E-state index is 0.101. The molecule has 0 saturated heterocycles. The molecule has 1 N–H and O–H groups in total. The zero-order chi connectivity index (χ0) is 10.6. The van der Waals surface area contributed by atoms with Crippen molar-refractivity contribution in [1.82, 2.24) is 0 Å². The highest BCUT2D eigenvalue weighted by Gasteiger charge is 2.09. The van der Waals surface area contributed by atoms with Crippen molar-refractivity contribution in [2.45, 2.75) is 0 Å². The van der Waals surface area contributed by atoms with Gasteiger partial charge in [0.15, 0.2) is 5.78 Å². The Kier molecular flexibility index (Phi) is 3.23. The first-order chi connectivity index (χ1) is 6.65. The summed E-state index contributed by atoms with van der Waals surface area (Å²) in [5.41, 5.74) is -0.101. The van der Waals surface area contributed by atoms with Crippen LogP contribution in [0.1, 0.15) is 10.4 Å². The lowest BCUT2D eigenvalue weighted by atomic mass is 10.1. The molecule has 1 rings (SSSR count). The molecule has 0 spiro atoms. The summed E-state index contributed by atoms with van der Waals surface area (Å²) in [4.78, 5) is 11.3. The molecule has 0 amide bonds. The molecule has 0 aliphatic heterocycles. The number of methoxy groups -OCH3 is 1. The highest BCUT2D eigenvalue weighted by atomic mass is 19.1. The minimum Gasteiger partial charge on any atom is -0.481 e. The average Bonchev–Trinajstić information content (AvgIpc) is 2.18. The molecular weight excluding hydrogens is 187 g/mol. The summed E-state index contributed by atoms with van der Waals surface area (Å²) in [6.07, 6.45) is 0.818. The van der Waals surface area contributed by atoms with Gasteiger partial charge in [-0.2, -0.15) is 0 Å². The fourth-order valence-electron chi connectivity index (χ4n) is 0.910. The van der Waals surface area contributed by atoms with Crippen LogP contribution in [-0.4, -0.2) is 18.0 Å². The number of halogens is 1. The van der Waals surface area contributed by atoms with E-state index >= 15 is 0 Å². The third-order valence-electron chi connectivity index (χ3n) is 1.60. The molecule has 74 valence electrons. The summed E-state index contributed by atoms with van der Waals surface area (Å²) in [6.45, 7) is 0. The van der Waals surface area contributed by atoms with Crippen molar-refractivity contribution < 1.29 is 19.0 Å². The van der Waals surface area contributed by atoms with E-state index in [-0.39, 0.29) is 5.56 Å².